The maximum absolute atomic E-state index is 12.4. The summed E-state index contributed by atoms with van der Waals surface area (Å²) in [6.45, 7) is 9.00. The lowest BCUT2D eigenvalue weighted by molar-refractivity contribution is -0.172. The van der Waals surface area contributed by atoms with Gasteiger partial charge in [0.1, 0.15) is 5.60 Å². The summed E-state index contributed by atoms with van der Waals surface area (Å²) < 4.78 is 17.2. The topological polar surface area (TPSA) is 48.1 Å². The number of fused-ring (bicyclic) bond motifs is 1. The van der Waals surface area contributed by atoms with Gasteiger partial charge < -0.3 is 14.2 Å². The van der Waals surface area contributed by atoms with Crippen LogP contribution in [0.15, 0.2) is 0 Å². The molecule has 1 saturated carbocycles. The van der Waals surface area contributed by atoms with Gasteiger partial charge in [0.25, 0.3) is 0 Å². The van der Waals surface area contributed by atoms with Crippen molar-refractivity contribution in [3.05, 3.63) is 0 Å². The van der Waals surface area contributed by atoms with Gasteiger partial charge in [-0.15, -0.1) is 0 Å². The van der Waals surface area contributed by atoms with E-state index in [4.69, 9.17) is 14.2 Å². The maximum Gasteiger partial charge on any atom is 0.309 e. The molecule has 0 N–H and O–H groups in total. The average molecular weight is 296 g/mol. The van der Waals surface area contributed by atoms with Crippen molar-refractivity contribution in [2.75, 3.05) is 6.61 Å². The molecule has 0 amide bonds. The number of hydrogen-bond acceptors (Lipinski definition) is 4. The highest BCUT2D eigenvalue weighted by molar-refractivity contribution is 5.73. The molecule has 0 bridgehead atoms. The van der Waals surface area contributed by atoms with E-state index in [-0.39, 0.29) is 23.6 Å². The van der Waals surface area contributed by atoms with Gasteiger partial charge >= 0.3 is 5.97 Å². The smallest absolute Gasteiger partial charge is 0.309 e. The Morgan fingerprint density at radius 1 is 1.29 bits per heavy atom. The Bertz CT molecular complexity index is 419. The van der Waals surface area contributed by atoms with E-state index >= 15 is 0 Å². The molecule has 0 radical (unpaired) electrons. The molecule has 5 unspecified atom stereocenters. The number of carbonyl (C=O) groups excluding carboxylic acids is 1. The van der Waals surface area contributed by atoms with Gasteiger partial charge in [-0.1, -0.05) is 0 Å². The monoisotopic (exact) mass is 296 g/mol. The maximum atomic E-state index is 12.4. The van der Waals surface area contributed by atoms with Gasteiger partial charge in [-0.3, -0.25) is 4.79 Å². The number of epoxide rings is 1. The van der Waals surface area contributed by atoms with Crippen LogP contribution >= 0.6 is 0 Å². The summed E-state index contributed by atoms with van der Waals surface area (Å²) >= 11 is 0. The largest absolute Gasteiger partial charge is 0.459 e. The summed E-state index contributed by atoms with van der Waals surface area (Å²) in [7, 11) is 0. The minimum Gasteiger partial charge on any atom is -0.459 e. The van der Waals surface area contributed by atoms with E-state index in [1.807, 2.05) is 6.92 Å². The molecule has 3 rings (SSSR count). The Balaban J connectivity index is 1.56. The van der Waals surface area contributed by atoms with Gasteiger partial charge in [-0.05, 0) is 59.8 Å². The van der Waals surface area contributed by atoms with Gasteiger partial charge in [0.2, 0.25) is 0 Å². The molecule has 0 spiro atoms. The van der Waals surface area contributed by atoms with Gasteiger partial charge in [0.05, 0.1) is 23.7 Å². The molecule has 120 valence electrons. The summed E-state index contributed by atoms with van der Waals surface area (Å²) in [4.78, 5) is 12.4. The summed E-state index contributed by atoms with van der Waals surface area (Å²) in [6.07, 6.45) is 5.28. The molecule has 2 heterocycles. The van der Waals surface area contributed by atoms with Crippen molar-refractivity contribution in [2.45, 2.75) is 83.2 Å². The Morgan fingerprint density at radius 2 is 2.05 bits per heavy atom. The van der Waals surface area contributed by atoms with Crippen molar-refractivity contribution in [2.24, 2.45) is 11.8 Å². The van der Waals surface area contributed by atoms with E-state index in [1.54, 1.807) is 0 Å². The molecule has 0 aromatic rings. The quantitative estimate of drug-likeness (QED) is 0.593. The van der Waals surface area contributed by atoms with Crippen LogP contribution in [0, 0.1) is 11.8 Å². The molecular formula is C17H28O4. The molecule has 2 saturated heterocycles. The number of rotatable bonds is 3. The molecule has 1 aliphatic carbocycles. The molecule has 0 aromatic carbocycles. The fourth-order valence-corrected chi connectivity index (χ4v) is 3.91. The van der Waals surface area contributed by atoms with Crippen molar-refractivity contribution >= 4 is 5.97 Å². The second kappa shape index (κ2) is 5.24. The number of hydrogen-bond donors (Lipinski definition) is 0. The molecular weight excluding hydrogens is 268 g/mol. The minimum absolute atomic E-state index is 0.000874. The summed E-state index contributed by atoms with van der Waals surface area (Å²) in [5.41, 5.74) is -0.279. The van der Waals surface area contributed by atoms with E-state index in [1.165, 1.54) is 0 Å². The van der Waals surface area contributed by atoms with Gasteiger partial charge in [0.15, 0.2) is 0 Å². The van der Waals surface area contributed by atoms with Crippen LogP contribution in [0.5, 0.6) is 0 Å². The lowest BCUT2D eigenvalue weighted by Crippen LogP contribution is -2.42. The Labute approximate surface area is 127 Å². The van der Waals surface area contributed by atoms with E-state index in [0.29, 0.717) is 18.6 Å². The molecule has 4 nitrogen and oxygen atoms in total. The van der Waals surface area contributed by atoms with Crippen LogP contribution in [0.2, 0.25) is 0 Å². The van der Waals surface area contributed by atoms with Gasteiger partial charge in [-0.25, -0.2) is 0 Å². The fourth-order valence-electron chi connectivity index (χ4n) is 3.91. The first-order chi connectivity index (χ1) is 9.80. The van der Waals surface area contributed by atoms with Crippen LogP contribution in [-0.4, -0.2) is 36.0 Å². The summed E-state index contributed by atoms with van der Waals surface area (Å²) in [6, 6.07) is 0. The molecule has 0 aromatic heterocycles. The van der Waals surface area contributed by atoms with Gasteiger partial charge in [0, 0.05) is 12.5 Å². The van der Waals surface area contributed by atoms with E-state index in [2.05, 4.69) is 20.8 Å². The van der Waals surface area contributed by atoms with Crippen LogP contribution in [0.3, 0.4) is 0 Å². The third-order valence-electron chi connectivity index (χ3n) is 5.69. The zero-order valence-corrected chi connectivity index (χ0v) is 13.7. The van der Waals surface area contributed by atoms with Crippen LogP contribution in [0.1, 0.15) is 59.8 Å². The van der Waals surface area contributed by atoms with Crippen LogP contribution in [-0.2, 0) is 19.0 Å². The normalized spacial score (nSPS) is 43.0. The Hall–Kier alpha value is -0.610. The third-order valence-corrected chi connectivity index (χ3v) is 5.69. The molecule has 3 aliphatic rings. The molecule has 2 aliphatic heterocycles. The number of ether oxygens (including phenoxy) is 3. The Morgan fingerprint density at radius 3 is 2.71 bits per heavy atom. The highest BCUT2D eigenvalue weighted by Gasteiger charge is 2.57. The SMILES string of the molecule is CC1CC(C(=O)OC(C)(C)C2CCC3(C)OC3C2)CCO1. The van der Waals surface area contributed by atoms with Gasteiger partial charge in [-0.2, -0.15) is 0 Å². The predicted octanol–water partition coefficient (Wildman–Crippen LogP) is 3.08. The summed E-state index contributed by atoms with van der Waals surface area (Å²) in [5.74, 6) is 0.360. The predicted molar refractivity (Wildman–Crippen MR) is 78.9 cm³/mol. The average Bonchev–Trinajstić information content (AvgIpc) is 3.08. The second-order valence-electron chi connectivity index (χ2n) is 7.82. The standard InChI is InChI=1S/C17H28O4/c1-11-9-12(6-8-19-11)15(18)21-16(2,3)13-5-7-17(4)14(10-13)20-17/h11-14H,5-10H2,1-4H3. The zero-order chi connectivity index (χ0) is 15.3. The fraction of sp³-hybridized carbons (Fsp3) is 0.941. The first-order valence-corrected chi connectivity index (χ1v) is 8.32. The van der Waals surface area contributed by atoms with Crippen molar-refractivity contribution in [3.8, 4) is 0 Å². The highest BCUT2D eigenvalue weighted by Crippen LogP contribution is 2.52. The van der Waals surface area contributed by atoms with Crippen LogP contribution in [0.4, 0.5) is 0 Å². The van der Waals surface area contributed by atoms with Crippen molar-refractivity contribution in [1.29, 1.82) is 0 Å². The zero-order valence-electron chi connectivity index (χ0n) is 13.7. The third kappa shape index (κ3) is 3.11. The van der Waals surface area contributed by atoms with E-state index in [9.17, 15) is 4.79 Å². The van der Waals surface area contributed by atoms with Crippen molar-refractivity contribution < 1.29 is 19.0 Å². The van der Waals surface area contributed by atoms with E-state index in [0.717, 1.165) is 32.1 Å². The first kappa shape index (κ1) is 15.3. The highest BCUT2D eigenvalue weighted by atomic mass is 16.6. The molecule has 4 heteroatoms. The van der Waals surface area contributed by atoms with Crippen LogP contribution in [0.25, 0.3) is 0 Å². The van der Waals surface area contributed by atoms with Crippen molar-refractivity contribution in [1.82, 2.24) is 0 Å². The molecule has 21 heavy (non-hydrogen) atoms. The van der Waals surface area contributed by atoms with Crippen molar-refractivity contribution in [3.63, 3.8) is 0 Å². The van der Waals surface area contributed by atoms with E-state index < -0.39 is 5.60 Å². The number of carbonyl (C=O) groups is 1. The van der Waals surface area contributed by atoms with Crippen LogP contribution < -0.4 is 0 Å². The molecule has 5 atom stereocenters. The lowest BCUT2D eigenvalue weighted by atomic mass is 9.75. The Kier molecular flexibility index (Phi) is 3.81. The second-order valence-corrected chi connectivity index (χ2v) is 7.82. The summed E-state index contributed by atoms with van der Waals surface area (Å²) in [5, 5.41) is 0. The minimum atomic E-state index is -0.397. The number of esters is 1. The first-order valence-electron chi connectivity index (χ1n) is 8.32. The molecule has 3 fully saturated rings. The lowest BCUT2D eigenvalue weighted by Gasteiger charge is -2.38.